The maximum absolute atomic E-state index is 10.9. The molecule has 0 aliphatic carbocycles. The highest BCUT2D eigenvalue weighted by atomic mass is 16.5. The smallest absolute Gasteiger partial charge is 0.317 e. The van der Waals surface area contributed by atoms with Crippen molar-refractivity contribution in [2.24, 2.45) is 0 Å². The van der Waals surface area contributed by atoms with Crippen molar-refractivity contribution in [3.8, 4) is 11.5 Å². The number of rotatable bonds is 4. The third kappa shape index (κ3) is 2.66. The second kappa shape index (κ2) is 5.48. The van der Waals surface area contributed by atoms with Crippen LogP contribution in [0.15, 0.2) is 12.1 Å². The van der Waals surface area contributed by atoms with Gasteiger partial charge >= 0.3 is 5.97 Å². The van der Waals surface area contributed by atoms with Gasteiger partial charge in [-0.25, -0.2) is 0 Å². The molecule has 2 rings (SSSR count). The number of ether oxygens (including phenoxy) is 2. The number of benzene rings is 1. The van der Waals surface area contributed by atoms with E-state index in [1.807, 2.05) is 24.0 Å². The van der Waals surface area contributed by atoms with Crippen LogP contribution in [0.3, 0.4) is 0 Å². The second-order valence-electron chi connectivity index (χ2n) is 4.70. The van der Waals surface area contributed by atoms with Gasteiger partial charge in [0, 0.05) is 12.6 Å². The molecule has 0 bridgehead atoms. The topological polar surface area (TPSA) is 59.0 Å². The van der Waals surface area contributed by atoms with Crippen LogP contribution in [0, 0.1) is 0 Å². The Kier molecular flexibility index (Phi) is 3.95. The highest BCUT2D eigenvalue weighted by Crippen LogP contribution is 2.37. The molecule has 0 radical (unpaired) electrons. The van der Waals surface area contributed by atoms with Crippen molar-refractivity contribution in [2.75, 3.05) is 27.3 Å². The number of methoxy groups -OCH3 is 2. The number of carbonyl (C=O) groups is 1. The Morgan fingerprint density at radius 2 is 2.00 bits per heavy atom. The maximum Gasteiger partial charge on any atom is 0.317 e. The molecule has 5 heteroatoms. The average Bonchev–Trinajstić information content (AvgIpc) is 2.40. The van der Waals surface area contributed by atoms with E-state index in [1.165, 1.54) is 5.56 Å². The molecule has 1 atom stereocenters. The summed E-state index contributed by atoms with van der Waals surface area (Å²) >= 11 is 0. The van der Waals surface area contributed by atoms with Crippen LogP contribution in [-0.2, 0) is 11.2 Å². The summed E-state index contributed by atoms with van der Waals surface area (Å²) in [5.41, 5.74) is 2.32. The molecular formula is C14H19NO4. The molecule has 1 heterocycles. The minimum atomic E-state index is -0.796. The van der Waals surface area contributed by atoms with Crippen molar-refractivity contribution in [1.29, 1.82) is 0 Å². The minimum absolute atomic E-state index is 0.0644. The van der Waals surface area contributed by atoms with Gasteiger partial charge in [-0.1, -0.05) is 0 Å². The van der Waals surface area contributed by atoms with Crippen LogP contribution in [-0.4, -0.2) is 43.3 Å². The zero-order valence-electron chi connectivity index (χ0n) is 11.5. The van der Waals surface area contributed by atoms with E-state index in [-0.39, 0.29) is 12.6 Å². The number of hydrogen-bond acceptors (Lipinski definition) is 4. The molecule has 1 aromatic carbocycles. The van der Waals surface area contributed by atoms with Crippen molar-refractivity contribution >= 4 is 5.97 Å². The Balaban J connectivity index is 2.34. The van der Waals surface area contributed by atoms with Crippen LogP contribution < -0.4 is 9.47 Å². The monoisotopic (exact) mass is 265 g/mol. The van der Waals surface area contributed by atoms with Gasteiger partial charge in [0.15, 0.2) is 11.5 Å². The predicted molar refractivity (Wildman–Crippen MR) is 70.9 cm³/mol. The van der Waals surface area contributed by atoms with Gasteiger partial charge in [-0.15, -0.1) is 0 Å². The van der Waals surface area contributed by atoms with Gasteiger partial charge in [-0.05, 0) is 36.6 Å². The number of nitrogens with zero attached hydrogens (tertiary/aromatic N) is 1. The molecule has 19 heavy (non-hydrogen) atoms. The van der Waals surface area contributed by atoms with Gasteiger partial charge in [0.25, 0.3) is 0 Å². The number of carboxylic acid groups (broad SMARTS) is 1. The zero-order chi connectivity index (χ0) is 14.0. The summed E-state index contributed by atoms with van der Waals surface area (Å²) in [6.07, 6.45) is 0.827. The fourth-order valence-corrected chi connectivity index (χ4v) is 2.59. The summed E-state index contributed by atoms with van der Waals surface area (Å²) in [4.78, 5) is 12.8. The number of carboxylic acids is 1. The van der Waals surface area contributed by atoms with E-state index < -0.39 is 5.97 Å². The Hall–Kier alpha value is -1.75. The Morgan fingerprint density at radius 3 is 2.58 bits per heavy atom. The van der Waals surface area contributed by atoms with Gasteiger partial charge in [-0.3, -0.25) is 9.69 Å². The van der Waals surface area contributed by atoms with Gasteiger partial charge in [-0.2, -0.15) is 0 Å². The molecule has 0 spiro atoms. The lowest BCUT2D eigenvalue weighted by atomic mass is 9.93. The van der Waals surface area contributed by atoms with E-state index in [9.17, 15) is 4.79 Å². The fraction of sp³-hybridized carbons (Fsp3) is 0.500. The number of hydrogen-bond donors (Lipinski definition) is 1. The average molecular weight is 265 g/mol. The normalized spacial score (nSPS) is 18.8. The predicted octanol–water partition coefficient (Wildman–Crippen LogP) is 1.71. The third-order valence-electron chi connectivity index (χ3n) is 3.65. The molecule has 0 saturated heterocycles. The molecule has 1 aliphatic rings. The standard InChI is InChI=1S/C14H19NO4/c1-9-11-7-13(19-3)12(18-2)6-10(11)4-5-15(9)8-14(16)17/h6-7,9H,4-5,8H2,1-3H3,(H,16,17). The zero-order valence-corrected chi connectivity index (χ0v) is 11.5. The van der Waals surface area contributed by atoms with Gasteiger partial charge in [0.05, 0.1) is 20.8 Å². The molecule has 1 N–H and O–H groups in total. The van der Waals surface area contributed by atoms with Crippen molar-refractivity contribution in [3.05, 3.63) is 23.3 Å². The Morgan fingerprint density at radius 1 is 1.37 bits per heavy atom. The first-order valence-corrected chi connectivity index (χ1v) is 6.27. The molecule has 1 aliphatic heterocycles. The van der Waals surface area contributed by atoms with Crippen molar-refractivity contribution in [2.45, 2.75) is 19.4 Å². The lowest BCUT2D eigenvalue weighted by molar-refractivity contribution is -0.139. The first kappa shape index (κ1) is 13.7. The van der Waals surface area contributed by atoms with E-state index in [0.717, 1.165) is 24.3 Å². The second-order valence-corrected chi connectivity index (χ2v) is 4.70. The van der Waals surface area contributed by atoms with Crippen LogP contribution in [0.25, 0.3) is 0 Å². The molecule has 0 aromatic heterocycles. The van der Waals surface area contributed by atoms with E-state index in [0.29, 0.717) is 5.75 Å². The quantitative estimate of drug-likeness (QED) is 0.898. The first-order chi connectivity index (χ1) is 9.06. The molecule has 0 saturated carbocycles. The number of aliphatic carboxylic acids is 1. The molecule has 1 unspecified atom stereocenters. The van der Waals surface area contributed by atoms with E-state index in [4.69, 9.17) is 14.6 Å². The van der Waals surface area contributed by atoms with Gasteiger partial charge < -0.3 is 14.6 Å². The lowest BCUT2D eigenvalue weighted by Gasteiger charge is -2.34. The molecular weight excluding hydrogens is 246 g/mol. The molecule has 1 aromatic rings. The largest absolute Gasteiger partial charge is 0.493 e. The first-order valence-electron chi connectivity index (χ1n) is 6.27. The van der Waals surface area contributed by atoms with E-state index >= 15 is 0 Å². The Labute approximate surface area is 112 Å². The summed E-state index contributed by atoms with van der Waals surface area (Å²) in [5, 5.41) is 8.93. The van der Waals surface area contributed by atoms with Crippen LogP contribution in [0.2, 0.25) is 0 Å². The third-order valence-corrected chi connectivity index (χ3v) is 3.65. The summed E-state index contributed by atoms with van der Waals surface area (Å²) in [7, 11) is 3.22. The van der Waals surface area contributed by atoms with Gasteiger partial charge in [0.1, 0.15) is 0 Å². The summed E-state index contributed by atoms with van der Waals surface area (Å²) in [6, 6.07) is 4.01. The molecule has 0 fully saturated rings. The lowest BCUT2D eigenvalue weighted by Crippen LogP contribution is -2.37. The van der Waals surface area contributed by atoms with Crippen molar-refractivity contribution < 1.29 is 19.4 Å². The molecule has 0 amide bonds. The highest BCUT2D eigenvalue weighted by Gasteiger charge is 2.26. The SMILES string of the molecule is COc1cc2c(cc1OC)C(C)N(CC(=O)O)CC2. The summed E-state index contributed by atoms with van der Waals surface area (Å²) < 4.78 is 10.6. The van der Waals surface area contributed by atoms with Crippen molar-refractivity contribution in [3.63, 3.8) is 0 Å². The van der Waals surface area contributed by atoms with Crippen LogP contribution in [0.1, 0.15) is 24.1 Å². The number of fused-ring (bicyclic) bond motifs is 1. The molecule has 104 valence electrons. The summed E-state index contributed by atoms with van der Waals surface area (Å²) in [5.74, 6) is 0.612. The van der Waals surface area contributed by atoms with Crippen LogP contribution >= 0.6 is 0 Å². The highest BCUT2D eigenvalue weighted by molar-refractivity contribution is 5.69. The minimum Gasteiger partial charge on any atom is -0.493 e. The van der Waals surface area contributed by atoms with E-state index in [2.05, 4.69) is 0 Å². The molecule has 5 nitrogen and oxygen atoms in total. The maximum atomic E-state index is 10.9. The van der Waals surface area contributed by atoms with Crippen LogP contribution in [0.4, 0.5) is 0 Å². The van der Waals surface area contributed by atoms with Crippen LogP contribution in [0.5, 0.6) is 11.5 Å². The van der Waals surface area contributed by atoms with E-state index in [1.54, 1.807) is 14.2 Å². The fourth-order valence-electron chi connectivity index (χ4n) is 2.59. The Bertz CT molecular complexity index is 487. The van der Waals surface area contributed by atoms with Crippen molar-refractivity contribution in [1.82, 2.24) is 4.90 Å². The summed E-state index contributed by atoms with van der Waals surface area (Å²) in [6.45, 7) is 2.83. The van der Waals surface area contributed by atoms with Gasteiger partial charge in [0.2, 0.25) is 0 Å².